The van der Waals surface area contributed by atoms with E-state index in [1.807, 2.05) is 24.3 Å². The Bertz CT molecular complexity index is 1100. The highest BCUT2D eigenvalue weighted by atomic mass is 19.4. The molecule has 0 aliphatic carbocycles. The first-order valence-corrected chi connectivity index (χ1v) is 7.59. The smallest absolute Gasteiger partial charge is 0.237 e. The summed E-state index contributed by atoms with van der Waals surface area (Å²) in [4.78, 5) is 8.97. The summed E-state index contributed by atoms with van der Waals surface area (Å²) < 4.78 is 38.6. The van der Waals surface area contributed by atoms with E-state index in [0.29, 0.717) is 11.2 Å². The maximum absolute atomic E-state index is 12.9. The van der Waals surface area contributed by atoms with Crippen LogP contribution in [0.5, 0.6) is 0 Å². The fourth-order valence-corrected chi connectivity index (χ4v) is 2.66. The molecule has 0 amide bonds. The first kappa shape index (κ1) is 16.1. The van der Waals surface area contributed by atoms with Crippen molar-refractivity contribution in [3.05, 3.63) is 54.4 Å². The predicted octanol–water partition coefficient (Wildman–Crippen LogP) is 3.51. The van der Waals surface area contributed by atoms with Crippen molar-refractivity contribution >= 4 is 11.0 Å². The van der Waals surface area contributed by atoms with E-state index >= 15 is 0 Å². The summed E-state index contributed by atoms with van der Waals surface area (Å²) in [7, 11) is 1.67. The van der Waals surface area contributed by atoms with Gasteiger partial charge < -0.3 is 0 Å². The highest BCUT2D eigenvalue weighted by Crippen LogP contribution is 2.32. The molecule has 0 saturated carbocycles. The summed E-state index contributed by atoms with van der Waals surface area (Å²) in [5.41, 5.74) is 1.35. The number of halogens is 3. The highest BCUT2D eigenvalue weighted by molar-refractivity contribution is 5.93. The van der Waals surface area contributed by atoms with E-state index in [1.165, 1.54) is 17.1 Å². The Hall–Kier alpha value is -3.36. The van der Waals surface area contributed by atoms with Gasteiger partial charge in [0.15, 0.2) is 5.65 Å². The van der Waals surface area contributed by atoms with Crippen LogP contribution in [0.25, 0.3) is 33.5 Å². The quantitative estimate of drug-likeness (QED) is 0.550. The van der Waals surface area contributed by atoms with Gasteiger partial charge in [-0.05, 0) is 40.6 Å². The van der Waals surface area contributed by atoms with E-state index in [9.17, 15) is 13.2 Å². The van der Waals surface area contributed by atoms with Gasteiger partial charge in [-0.3, -0.25) is 0 Å². The minimum absolute atomic E-state index is 0.0420. The zero-order valence-corrected chi connectivity index (χ0v) is 13.4. The number of alkyl halides is 3. The van der Waals surface area contributed by atoms with Crippen LogP contribution in [-0.2, 0) is 13.2 Å². The molecule has 3 aromatic heterocycles. The molecular formula is C17H11F3N6. The third-order valence-electron chi connectivity index (χ3n) is 3.83. The second-order valence-electron chi connectivity index (χ2n) is 5.61. The Kier molecular flexibility index (Phi) is 3.64. The maximum atomic E-state index is 12.9. The number of hydrogen-bond donors (Lipinski definition) is 0. The number of benzene rings is 1. The zero-order valence-electron chi connectivity index (χ0n) is 13.4. The standard InChI is InChI=1S/C17H11F3N6/c1-26-24-15(23-25-26)11-4-2-3-10(9-11)12-7-8-21-16-13(12)5-6-14(22-16)17(18,19)20/h2-9H,1H3. The number of fused-ring (bicyclic) bond motifs is 1. The average molecular weight is 356 g/mol. The van der Waals surface area contributed by atoms with Gasteiger partial charge in [0.2, 0.25) is 5.82 Å². The first-order chi connectivity index (χ1) is 12.4. The van der Waals surface area contributed by atoms with Gasteiger partial charge in [-0.2, -0.15) is 18.0 Å². The summed E-state index contributed by atoms with van der Waals surface area (Å²) in [5, 5.41) is 12.5. The normalized spacial score (nSPS) is 11.8. The number of nitrogens with zero attached hydrogens (tertiary/aromatic N) is 6. The third-order valence-corrected chi connectivity index (χ3v) is 3.83. The summed E-state index contributed by atoms with van der Waals surface area (Å²) in [6.45, 7) is 0. The van der Waals surface area contributed by atoms with Crippen molar-refractivity contribution in [1.29, 1.82) is 0 Å². The molecule has 0 unspecified atom stereocenters. The van der Waals surface area contributed by atoms with E-state index < -0.39 is 11.9 Å². The van der Waals surface area contributed by atoms with Crippen molar-refractivity contribution in [2.45, 2.75) is 6.18 Å². The van der Waals surface area contributed by atoms with Crippen LogP contribution in [0.4, 0.5) is 13.2 Å². The van der Waals surface area contributed by atoms with Crippen molar-refractivity contribution in [3.8, 4) is 22.5 Å². The van der Waals surface area contributed by atoms with Crippen LogP contribution in [0.3, 0.4) is 0 Å². The maximum Gasteiger partial charge on any atom is 0.433 e. The number of pyridine rings is 2. The average Bonchev–Trinajstić information content (AvgIpc) is 3.06. The molecule has 0 saturated heterocycles. The van der Waals surface area contributed by atoms with E-state index in [0.717, 1.165) is 22.8 Å². The van der Waals surface area contributed by atoms with Gasteiger partial charge in [0.25, 0.3) is 0 Å². The number of aryl methyl sites for hydroxylation is 1. The largest absolute Gasteiger partial charge is 0.433 e. The molecule has 6 nitrogen and oxygen atoms in total. The lowest BCUT2D eigenvalue weighted by molar-refractivity contribution is -0.141. The molecule has 130 valence electrons. The molecular weight excluding hydrogens is 345 g/mol. The lowest BCUT2D eigenvalue weighted by atomic mass is 10.0. The van der Waals surface area contributed by atoms with Gasteiger partial charge in [-0.1, -0.05) is 18.2 Å². The van der Waals surface area contributed by atoms with E-state index in [1.54, 1.807) is 13.1 Å². The molecule has 0 atom stereocenters. The zero-order chi connectivity index (χ0) is 18.3. The minimum Gasteiger partial charge on any atom is -0.237 e. The van der Waals surface area contributed by atoms with Gasteiger partial charge in [-0.15, -0.1) is 10.2 Å². The molecule has 0 fully saturated rings. The number of aromatic nitrogens is 6. The second-order valence-corrected chi connectivity index (χ2v) is 5.61. The Morgan fingerprint density at radius 2 is 1.81 bits per heavy atom. The summed E-state index contributed by atoms with van der Waals surface area (Å²) >= 11 is 0. The summed E-state index contributed by atoms with van der Waals surface area (Å²) in [6, 6.07) is 11.5. The minimum atomic E-state index is -4.51. The van der Waals surface area contributed by atoms with Crippen LogP contribution in [0, 0.1) is 0 Å². The first-order valence-electron chi connectivity index (χ1n) is 7.59. The van der Waals surface area contributed by atoms with Crippen LogP contribution >= 0.6 is 0 Å². The topological polar surface area (TPSA) is 69.4 Å². The molecule has 0 aliphatic heterocycles. The van der Waals surface area contributed by atoms with E-state index in [4.69, 9.17) is 0 Å². The Morgan fingerprint density at radius 3 is 2.54 bits per heavy atom. The number of tetrazole rings is 1. The van der Waals surface area contributed by atoms with E-state index in [-0.39, 0.29) is 5.65 Å². The number of rotatable bonds is 2. The molecule has 9 heteroatoms. The Morgan fingerprint density at radius 1 is 1.00 bits per heavy atom. The molecule has 1 aromatic carbocycles. The fourth-order valence-electron chi connectivity index (χ4n) is 2.66. The lowest BCUT2D eigenvalue weighted by Crippen LogP contribution is -2.08. The molecule has 0 spiro atoms. The number of hydrogen-bond acceptors (Lipinski definition) is 5. The highest BCUT2D eigenvalue weighted by Gasteiger charge is 2.32. The SMILES string of the molecule is Cn1nnc(-c2cccc(-c3ccnc4nc(C(F)(F)F)ccc34)c2)n1. The van der Waals surface area contributed by atoms with Crippen LogP contribution in [0.1, 0.15) is 5.69 Å². The second kappa shape index (κ2) is 5.87. The van der Waals surface area contributed by atoms with Gasteiger partial charge in [0, 0.05) is 17.1 Å². The summed E-state index contributed by atoms with van der Waals surface area (Å²) in [5.74, 6) is 0.463. The Labute approximate surface area is 145 Å². The van der Waals surface area contributed by atoms with Crippen LogP contribution in [0.2, 0.25) is 0 Å². The molecule has 3 heterocycles. The van der Waals surface area contributed by atoms with E-state index in [2.05, 4.69) is 25.4 Å². The molecule has 0 bridgehead atoms. The van der Waals surface area contributed by atoms with Crippen molar-refractivity contribution in [2.75, 3.05) is 0 Å². The van der Waals surface area contributed by atoms with Gasteiger partial charge in [-0.25, -0.2) is 9.97 Å². The van der Waals surface area contributed by atoms with Gasteiger partial charge in [0.05, 0.1) is 7.05 Å². The predicted molar refractivity (Wildman–Crippen MR) is 87.8 cm³/mol. The molecule has 4 aromatic rings. The molecule has 0 radical (unpaired) electrons. The van der Waals surface area contributed by atoms with Crippen molar-refractivity contribution in [2.24, 2.45) is 7.05 Å². The van der Waals surface area contributed by atoms with Crippen LogP contribution < -0.4 is 0 Å². The third kappa shape index (κ3) is 2.87. The van der Waals surface area contributed by atoms with Crippen molar-refractivity contribution in [1.82, 2.24) is 30.2 Å². The fraction of sp³-hybridized carbons (Fsp3) is 0.118. The lowest BCUT2D eigenvalue weighted by Gasteiger charge is -2.09. The molecule has 4 rings (SSSR count). The molecule has 26 heavy (non-hydrogen) atoms. The van der Waals surface area contributed by atoms with Crippen LogP contribution in [0.15, 0.2) is 48.7 Å². The van der Waals surface area contributed by atoms with Crippen molar-refractivity contribution < 1.29 is 13.2 Å². The molecule has 0 N–H and O–H groups in total. The molecule has 0 aliphatic rings. The van der Waals surface area contributed by atoms with Crippen LogP contribution in [-0.4, -0.2) is 30.2 Å². The monoisotopic (exact) mass is 356 g/mol. The van der Waals surface area contributed by atoms with Crippen molar-refractivity contribution in [3.63, 3.8) is 0 Å². The van der Waals surface area contributed by atoms with Gasteiger partial charge in [0.1, 0.15) is 5.69 Å². The van der Waals surface area contributed by atoms with Gasteiger partial charge >= 0.3 is 6.18 Å². The Balaban J connectivity index is 1.84. The summed E-state index contributed by atoms with van der Waals surface area (Å²) in [6.07, 6.45) is -3.07.